The van der Waals surface area contributed by atoms with Crippen molar-refractivity contribution in [1.82, 2.24) is 20.0 Å². The highest BCUT2D eigenvalue weighted by atomic mass is 15.2. The summed E-state index contributed by atoms with van der Waals surface area (Å²) in [5.74, 6) is 0. The Morgan fingerprint density at radius 3 is 1.82 bits per heavy atom. The van der Waals surface area contributed by atoms with Crippen molar-refractivity contribution in [1.29, 1.82) is 0 Å². The van der Waals surface area contributed by atoms with Gasteiger partial charge >= 0.3 is 0 Å². The van der Waals surface area contributed by atoms with E-state index in [1.807, 2.05) is 0 Å². The predicted molar refractivity (Wildman–Crippen MR) is 75.5 cm³/mol. The Morgan fingerprint density at radius 2 is 1.29 bits per heavy atom. The first-order valence-corrected chi connectivity index (χ1v) is 6.49. The van der Waals surface area contributed by atoms with E-state index in [1.54, 1.807) is 0 Å². The molecule has 104 valence electrons. The average molecular weight is 245 g/mol. The summed E-state index contributed by atoms with van der Waals surface area (Å²) in [6, 6.07) is 0. The molecule has 0 aliphatic rings. The number of nitrogens with zero attached hydrogens (tertiary/aromatic N) is 3. The highest BCUT2D eigenvalue weighted by molar-refractivity contribution is 4.60. The highest BCUT2D eigenvalue weighted by Crippen LogP contribution is 1.87. The first-order valence-electron chi connectivity index (χ1n) is 6.49. The second kappa shape index (κ2) is 10.9. The maximum absolute atomic E-state index is 5.41. The van der Waals surface area contributed by atoms with E-state index < -0.39 is 0 Å². The molecule has 0 saturated carbocycles. The van der Waals surface area contributed by atoms with Crippen molar-refractivity contribution < 1.29 is 0 Å². The van der Waals surface area contributed by atoms with Gasteiger partial charge in [0.25, 0.3) is 0 Å². The summed E-state index contributed by atoms with van der Waals surface area (Å²) in [5.41, 5.74) is 5.41. The molecule has 0 amide bonds. The SMILES string of the molecule is CN(C)CCN(C)CCN(C)CCNCCN. The van der Waals surface area contributed by atoms with Gasteiger partial charge in [0.1, 0.15) is 0 Å². The lowest BCUT2D eigenvalue weighted by molar-refractivity contribution is 0.238. The lowest BCUT2D eigenvalue weighted by Gasteiger charge is -2.23. The summed E-state index contributed by atoms with van der Waals surface area (Å²) < 4.78 is 0. The van der Waals surface area contributed by atoms with Crippen LogP contribution in [0.4, 0.5) is 0 Å². The first-order chi connectivity index (χ1) is 8.06. The van der Waals surface area contributed by atoms with Crippen LogP contribution in [0.1, 0.15) is 0 Å². The lowest BCUT2D eigenvalue weighted by Crippen LogP contribution is -2.37. The molecule has 0 saturated heterocycles. The van der Waals surface area contributed by atoms with Gasteiger partial charge in [-0.05, 0) is 28.2 Å². The summed E-state index contributed by atoms with van der Waals surface area (Å²) in [6.07, 6.45) is 0. The zero-order chi connectivity index (χ0) is 13.1. The monoisotopic (exact) mass is 245 g/mol. The van der Waals surface area contributed by atoms with Crippen LogP contribution in [0.5, 0.6) is 0 Å². The van der Waals surface area contributed by atoms with Gasteiger partial charge in [0.15, 0.2) is 0 Å². The largest absolute Gasteiger partial charge is 0.329 e. The molecule has 0 aromatic rings. The summed E-state index contributed by atoms with van der Waals surface area (Å²) in [6.45, 7) is 8.24. The summed E-state index contributed by atoms with van der Waals surface area (Å²) >= 11 is 0. The van der Waals surface area contributed by atoms with Gasteiger partial charge in [0.05, 0.1) is 0 Å². The molecular weight excluding hydrogens is 214 g/mol. The van der Waals surface area contributed by atoms with E-state index in [2.05, 4.69) is 48.2 Å². The van der Waals surface area contributed by atoms with Gasteiger partial charge in [-0.3, -0.25) is 0 Å². The maximum Gasteiger partial charge on any atom is 0.0107 e. The normalized spacial score (nSPS) is 12.0. The molecule has 0 unspecified atom stereocenters. The second-order valence-electron chi connectivity index (χ2n) is 4.95. The minimum absolute atomic E-state index is 0.719. The van der Waals surface area contributed by atoms with Crippen LogP contribution in [0, 0.1) is 0 Å². The number of hydrogen-bond acceptors (Lipinski definition) is 5. The molecule has 0 fully saturated rings. The lowest BCUT2D eigenvalue weighted by atomic mass is 10.4. The van der Waals surface area contributed by atoms with Crippen LogP contribution in [0.2, 0.25) is 0 Å². The molecular formula is C12H31N5. The van der Waals surface area contributed by atoms with Gasteiger partial charge in [-0.1, -0.05) is 0 Å². The molecule has 3 N–H and O–H groups in total. The standard InChI is InChI=1S/C12H31N5/c1-15(2)9-10-17(4)12-11-16(3)8-7-14-6-5-13/h14H,5-13H2,1-4H3. The predicted octanol–water partition coefficient (Wildman–Crippen LogP) is -1.04. The molecule has 5 nitrogen and oxygen atoms in total. The third-order valence-electron chi connectivity index (χ3n) is 2.78. The molecule has 0 heterocycles. The van der Waals surface area contributed by atoms with Crippen molar-refractivity contribution >= 4 is 0 Å². The fourth-order valence-corrected chi connectivity index (χ4v) is 1.43. The van der Waals surface area contributed by atoms with E-state index in [0.29, 0.717) is 0 Å². The molecule has 5 heteroatoms. The highest BCUT2D eigenvalue weighted by Gasteiger charge is 2.02. The Labute approximate surface area is 107 Å². The maximum atomic E-state index is 5.41. The van der Waals surface area contributed by atoms with Crippen molar-refractivity contribution in [2.45, 2.75) is 0 Å². The molecule has 0 rings (SSSR count). The number of hydrogen-bond donors (Lipinski definition) is 2. The van der Waals surface area contributed by atoms with E-state index >= 15 is 0 Å². The Bertz CT molecular complexity index is 163. The summed E-state index contributed by atoms with van der Waals surface area (Å²) in [7, 11) is 8.58. The van der Waals surface area contributed by atoms with Crippen LogP contribution >= 0.6 is 0 Å². The molecule has 0 radical (unpaired) electrons. The first kappa shape index (κ1) is 16.8. The van der Waals surface area contributed by atoms with Crippen molar-refractivity contribution in [3.63, 3.8) is 0 Å². The number of nitrogens with two attached hydrogens (primary N) is 1. The van der Waals surface area contributed by atoms with Gasteiger partial charge in [-0.15, -0.1) is 0 Å². The molecule has 0 atom stereocenters. The van der Waals surface area contributed by atoms with Crippen molar-refractivity contribution in [2.75, 3.05) is 80.5 Å². The Balaban J connectivity index is 3.38. The van der Waals surface area contributed by atoms with E-state index in [9.17, 15) is 0 Å². The third kappa shape index (κ3) is 12.1. The van der Waals surface area contributed by atoms with Crippen LogP contribution < -0.4 is 11.1 Å². The van der Waals surface area contributed by atoms with Crippen LogP contribution in [0.25, 0.3) is 0 Å². The molecule has 0 bridgehead atoms. The second-order valence-corrected chi connectivity index (χ2v) is 4.95. The van der Waals surface area contributed by atoms with E-state index in [0.717, 1.165) is 52.4 Å². The van der Waals surface area contributed by atoms with E-state index in [-0.39, 0.29) is 0 Å². The van der Waals surface area contributed by atoms with Crippen molar-refractivity contribution in [3.05, 3.63) is 0 Å². The van der Waals surface area contributed by atoms with Gasteiger partial charge < -0.3 is 25.8 Å². The van der Waals surface area contributed by atoms with Crippen LogP contribution in [0.15, 0.2) is 0 Å². The third-order valence-corrected chi connectivity index (χ3v) is 2.78. The Kier molecular flexibility index (Phi) is 10.8. The summed E-state index contributed by atoms with van der Waals surface area (Å²) in [5, 5.41) is 3.31. The van der Waals surface area contributed by atoms with Gasteiger partial charge in [-0.25, -0.2) is 0 Å². The number of rotatable bonds is 11. The quantitative estimate of drug-likeness (QED) is 0.455. The Morgan fingerprint density at radius 1 is 0.765 bits per heavy atom. The van der Waals surface area contributed by atoms with E-state index in [1.165, 1.54) is 0 Å². The fourth-order valence-electron chi connectivity index (χ4n) is 1.43. The molecule has 0 aliphatic carbocycles. The average Bonchev–Trinajstić information content (AvgIpc) is 2.29. The molecule has 0 aromatic carbocycles. The van der Waals surface area contributed by atoms with Gasteiger partial charge in [-0.2, -0.15) is 0 Å². The fraction of sp³-hybridized carbons (Fsp3) is 1.00. The number of likely N-dealkylation sites (N-methyl/N-ethyl adjacent to an activating group) is 3. The van der Waals surface area contributed by atoms with Crippen LogP contribution in [0.3, 0.4) is 0 Å². The molecule has 17 heavy (non-hydrogen) atoms. The van der Waals surface area contributed by atoms with Gasteiger partial charge in [0, 0.05) is 52.4 Å². The van der Waals surface area contributed by atoms with Crippen molar-refractivity contribution in [3.8, 4) is 0 Å². The van der Waals surface area contributed by atoms with Gasteiger partial charge in [0.2, 0.25) is 0 Å². The minimum Gasteiger partial charge on any atom is -0.329 e. The molecule has 0 aliphatic heterocycles. The van der Waals surface area contributed by atoms with Crippen LogP contribution in [-0.2, 0) is 0 Å². The zero-order valence-corrected chi connectivity index (χ0v) is 12.1. The molecule has 0 spiro atoms. The minimum atomic E-state index is 0.719. The Hall–Kier alpha value is -0.200. The zero-order valence-electron chi connectivity index (χ0n) is 12.1. The van der Waals surface area contributed by atoms with Crippen molar-refractivity contribution in [2.24, 2.45) is 5.73 Å². The van der Waals surface area contributed by atoms with Crippen LogP contribution in [-0.4, -0.2) is 95.2 Å². The van der Waals surface area contributed by atoms with E-state index in [4.69, 9.17) is 5.73 Å². The summed E-state index contributed by atoms with van der Waals surface area (Å²) in [4.78, 5) is 6.95. The smallest absolute Gasteiger partial charge is 0.0107 e. The topological polar surface area (TPSA) is 47.8 Å². The number of nitrogens with one attached hydrogen (secondary N) is 1. The molecule has 0 aromatic heterocycles.